The lowest BCUT2D eigenvalue weighted by molar-refractivity contribution is -0.123. The molecule has 146 valence electrons. The number of hydrogen-bond donors (Lipinski definition) is 1. The van der Waals surface area contributed by atoms with E-state index in [-0.39, 0.29) is 29.3 Å². The molecule has 2 aromatic rings. The van der Waals surface area contributed by atoms with Crippen LogP contribution in [0, 0.1) is 5.82 Å². The number of halogens is 3. The van der Waals surface area contributed by atoms with Crippen LogP contribution < -0.4 is 10.1 Å². The van der Waals surface area contributed by atoms with Crippen molar-refractivity contribution < 1.29 is 13.9 Å². The summed E-state index contributed by atoms with van der Waals surface area (Å²) in [4.78, 5) is 14.4. The van der Waals surface area contributed by atoms with Crippen molar-refractivity contribution in [3.63, 3.8) is 0 Å². The van der Waals surface area contributed by atoms with Crippen LogP contribution in [0.4, 0.5) is 4.39 Å². The summed E-state index contributed by atoms with van der Waals surface area (Å²) in [6, 6.07) is 11.3. The van der Waals surface area contributed by atoms with E-state index in [2.05, 4.69) is 24.1 Å². The molecule has 0 aliphatic carbocycles. The van der Waals surface area contributed by atoms with Gasteiger partial charge in [-0.05, 0) is 42.9 Å². The number of nitrogens with one attached hydrogen (secondary N) is 1. The molecule has 0 fully saturated rings. The monoisotopic (exact) mass is 412 g/mol. The third kappa shape index (κ3) is 6.09. The standard InChI is InChI=1S/C20H23Cl2FN2O2/c1-3-25(4-2)18(15-7-5-6-8-16(15)21)12-24-20(26)13-27-19-10-9-14(23)11-17(19)22/h5-11,18H,3-4,12-13H2,1-2H3,(H,24,26). The van der Waals surface area contributed by atoms with Crippen molar-refractivity contribution in [2.75, 3.05) is 26.2 Å². The van der Waals surface area contributed by atoms with Crippen molar-refractivity contribution >= 4 is 29.1 Å². The first kappa shape index (κ1) is 21.5. The van der Waals surface area contributed by atoms with Gasteiger partial charge in [-0.25, -0.2) is 4.39 Å². The predicted octanol–water partition coefficient (Wildman–Crippen LogP) is 4.71. The van der Waals surface area contributed by atoms with Crippen LogP contribution in [0.15, 0.2) is 42.5 Å². The zero-order valence-corrected chi connectivity index (χ0v) is 16.9. The van der Waals surface area contributed by atoms with Crippen LogP contribution in [0.25, 0.3) is 0 Å². The molecule has 0 spiro atoms. The molecule has 0 aliphatic heterocycles. The van der Waals surface area contributed by atoms with Gasteiger partial charge in [0.2, 0.25) is 0 Å². The second-order valence-corrected chi connectivity index (χ2v) is 6.74. The molecule has 0 saturated heterocycles. The highest BCUT2D eigenvalue weighted by Crippen LogP contribution is 2.27. The molecule has 0 saturated carbocycles. The van der Waals surface area contributed by atoms with E-state index in [9.17, 15) is 9.18 Å². The lowest BCUT2D eigenvalue weighted by atomic mass is 10.0. The van der Waals surface area contributed by atoms with Gasteiger partial charge in [0.1, 0.15) is 11.6 Å². The molecule has 0 aromatic heterocycles. The largest absolute Gasteiger partial charge is 0.482 e. The molecule has 4 nitrogen and oxygen atoms in total. The van der Waals surface area contributed by atoms with Gasteiger partial charge >= 0.3 is 0 Å². The Morgan fingerprint density at radius 3 is 2.48 bits per heavy atom. The van der Waals surface area contributed by atoms with Gasteiger partial charge in [-0.3, -0.25) is 9.69 Å². The van der Waals surface area contributed by atoms with E-state index < -0.39 is 5.82 Å². The smallest absolute Gasteiger partial charge is 0.258 e. The second-order valence-electron chi connectivity index (χ2n) is 5.93. The number of amides is 1. The molecule has 2 aromatic carbocycles. The molecule has 27 heavy (non-hydrogen) atoms. The van der Waals surface area contributed by atoms with Gasteiger partial charge in [-0.2, -0.15) is 0 Å². The quantitative estimate of drug-likeness (QED) is 0.648. The van der Waals surface area contributed by atoms with Crippen molar-refractivity contribution in [2.45, 2.75) is 19.9 Å². The van der Waals surface area contributed by atoms with Gasteiger partial charge in [-0.1, -0.05) is 55.2 Å². The highest BCUT2D eigenvalue weighted by Gasteiger charge is 2.21. The molecule has 7 heteroatoms. The van der Waals surface area contributed by atoms with Crippen LogP contribution in [0.5, 0.6) is 5.75 Å². The van der Waals surface area contributed by atoms with Crippen LogP contribution in [0.2, 0.25) is 10.0 Å². The van der Waals surface area contributed by atoms with Gasteiger partial charge in [0.25, 0.3) is 5.91 Å². The molecule has 0 bridgehead atoms. The number of carbonyl (C=O) groups is 1. The molecule has 1 unspecified atom stereocenters. The highest BCUT2D eigenvalue weighted by molar-refractivity contribution is 6.32. The Morgan fingerprint density at radius 2 is 1.85 bits per heavy atom. The summed E-state index contributed by atoms with van der Waals surface area (Å²) >= 11 is 12.3. The van der Waals surface area contributed by atoms with Crippen LogP contribution in [-0.2, 0) is 4.79 Å². The van der Waals surface area contributed by atoms with Crippen molar-refractivity contribution in [2.24, 2.45) is 0 Å². The Bertz CT molecular complexity index is 769. The van der Waals surface area contributed by atoms with E-state index in [0.717, 1.165) is 24.7 Å². The Kier molecular flexibility index (Phi) is 8.35. The van der Waals surface area contributed by atoms with Crippen molar-refractivity contribution in [3.05, 3.63) is 63.9 Å². The second kappa shape index (κ2) is 10.5. The lowest BCUT2D eigenvalue weighted by Crippen LogP contribution is -2.39. The zero-order valence-electron chi connectivity index (χ0n) is 15.3. The summed E-state index contributed by atoms with van der Waals surface area (Å²) in [5.41, 5.74) is 0.964. The van der Waals surface area contributed by atoms with Crippen molar-refractivity contribution in [1.82, 2.24) is 10.2 Å². The molecule has 1 atom stereocenters. The first-order valence-corrected chi connectivity index (χ1v) is 9.54. The van der Waals surface area contributed by atoms with Crippen LogP contribution in [-0.4, -0.2) is 37.0 Å². The summed E-state index contributed by atoms with van der Waals surface area (Å²) < 4.78 is 18.4. The van der Waals surface area contributed by atoms with Crippen molar-refractivity contribution in [1.29, 1.82) is 0 Å². The van der Waals surface area contributed by atoms with E-state index >= 15 is 0 Å². The number of benzene rings is 2. The predicted molar refractivity (Wildman–Crippen MR) is 107 cm³/mol. The summed E-state index contributed by atoms with van der Waals surface area (Å²) in [6.45, 7) is 5.96. The van der Waals surface area contributed by atoms with Crippen LogP contribution >= 0.6 is 23.2 Å². The molecule has 0 radical (unpaired) electrons. The van der Waals surface area contributed by atoms with E-state index in [1.165, 1.54) is 12.1 Å². The number of likely N-dealkylation sites (N-methyl/N-ethyl adjacent to an activating group) is 1. The fourth-order valence-electron chi connectivity index (χ4n) is 2.84. The molecular weight excluding hydrogens is 390 g/mol. The number of rotatable bonds is 9. The number of ether oxygens (including phenoxy) is 1. The minimum Gasteiger partial charge on any atom is -0.482 e. The Balaban J connectivity index is 1.99. The Hall–Kier alpha value is -1.82. The lowest BCUT2D eigenvalue weighted by Gasteiger charge is -2.30. The molecular formula is C20H23Cl2FN2O2. The fraction of sp³-hybridized carbons (Fsp3) is 0.350. The normalized spacial score (nSPS) is 12.1. The number of carbonyl (C=O) groups excluding carboxylic acids is 1. The summed E-state index contributed by atoms with van der Waals surface area (Å²) in [7, 11) is 0. The van der Waals surface area contributed by atoms with E-state index in [1.807, 2.05) is 24.3 Å². The number of nitrogens with zero attached hydrogens (tertiary/aromatic N) is 1. The zero-order chi connectivity index (χ0) is 19.8. The average Bonchev–Trinajstić information content (AvgIpc) is 2.65. The maximum Gasteiger partial charge on any atom is 0.258 e. The third-order valence-corrected chi connectivity index (χ3v) is 4.90. The van der Waals surface area contributed by atoms with Gasteiger partial charge < -0.3 is 10.1 Å². The molecule has 0 aliphatic rings. The SMILES string of the molecule is CCN(CC)C(CNC(=O)COc1ccc(F)cc1Cl)c1ccccc1Cl. The van der Waals surface area contributed by atoms with E-state index in [4.69, 9.17) is 27.9 Å². The minimum atomic E-state index is -0.460. The summed E-state index contributed by atoms with van der Waals surface area (Å²) in [5, 5.41) is 3.67. The Morgan fingerprint density at radius 1 is 1.15 bits per heavy atom. The topological polar surface area (TPSA) is 41.6 Å². The van der Waals surface area contributed by atoms with Gasteiger partial charge in [0.05, 0.1) is 11.1 Å². The Labute approximate surface area is 169 Å². The maximum atomic E-state index is 13.1. The van der Waals surface area contributed by atoms with E-state index in [0.29, 0.717) is 11.6 Å². The van der Waals surface area contributed by atoms with Gasteiger partial charge in [0, 0.05) is 11.6 Å². The third-order valence-electron chi connectivity index (χ3n) is 4.26. The first-order chi connectivity index (χ1) is 13.0. The maximum absolute atomic E-state index is 13.1. The van der Waals surface area contributed by atoms with Crippen LogP contribution in [0.3, 0.4) is 0 Å². The van der Waals surface area contributed by atoms with Crippen LogP contribution in [0.1, 0.15) is 25.5 Å². The fourth-order valence-corrected chi connectivity index (χ4v) is 3.33. The highest BCUT2D eigenvalue weighted by atomic mass is 35.5. The molecule has 0 heterocycles. The first-order valence-electron chi connectivity index (χ1n) is 8.79. The molecule has 1 amide bonds. The molecule has 1 N–H and O–H groups in total. The van der Waals surface area contributed by atoms with Crippen molar-refractivity contribution in [3.8, 4) is 5.75 Å². The molecule has 2 rings (SSSR count). The average molecular weight is 413 g/mol. The van der Waals surface area contributed by atoms with Gasteiger partial charge in [-0.15, -0.1) is 0 Å². The minimum absolute atomic E-state index is 0.0490. The summed E-state index contributed by atoms with van der Waals surface area (Å²) in [6.07, 6.45) is 0. The summed E-state index contributed by atoms with van der Waals surface area (Å²) in [5.74, 6) is -0.488. The van der Waals surface area contributed by atoms with E-state index in [1.54, 1.807) is 0 Å². The number of hydrogen-bond acceptors (Lipinski definition) is 3. The van der Waals surface area contributed by atoms with Gasteiger partial charge in [0.15, 0.2) is 6.61 Å².